The maximum Gasteiger partial charge on any atom is 0.266 e. The third-order valence-electron chi connectivity index (χ3n) is 3.99. The summed E-state index contributed by atoms with van der Waals surface area (Å²) in [4.78, 5) is 27.9. The minimum absolute atomic E-state index is 0.0239. The second-order valence-corrected chi connectivity index (χ2v) is 9.78. The number of amides is 2. The highest BCUT2D eigenvalue weighted by Crippen LogP contribution is 2.33. The summed E-state index contributed by atoms with van der Waals surface area (Å²) in [5.41, 5.74) is 0. The van der Waals surface area contributed by atoms with Crippen LogP contribution in [0.25, 0.3) is 6.08 Å². The van der Waals surface area contributed by atoms with Crippen molar-refractivity contribution in [1.82, 2.24) is 15.1 Å². The van der Waals surface area contributed by atoms with E-state index in [0.717, 1.165) is 35.6 Å². The van der Waals surface area contributed by atoms with E-state index in [-0.39, 0.29) is 11.8 Å². The first-order valence-electron chi connectivity index (χ1n) is 8.98. The minimum atomic E-state index is -0.0525. The lowest BCUT2D eigenvalue weighted by Crippen LogP contribution is -2.29. The van der Waals surface area contributed by atoms with Gasteiger partial charge in [-0.25, -0.2) is 0 Å². The number of carbonyl (C=O) groups excluding carboxylic acids is 2. The van der Waals surface area contributed by atoms with Crippen LogP contribution in [0.3, 0.4) is 0 Å². The Morgan fingerprint density at radius 2 is 2.18 bits per heavy atom. The third-order valence-corrected chi connectivity index (χ3v) is 7.17. The number of unbranched alkanes of at least 4 members (excludes halogenated alkanes) is 2. The van der Waals surface area contributed by atoms with Crippen molar-refractivity contribution in [3.05, 3.63) is 32.3 Å². The molecule has 0 radical (unpaired) electrons. The average molecular weight is 453 g/mol. The highest BCUT2D eigenvalue weighted by atomic mass is 32.2. The molecule has 1 aliphatic rings. The molecule has 0 aliphatic carbocycles. The number of nitrogens with zero attached hydrogens (tertiary/aromatic N) is 3. The number of nitrogens with one attached hydrogen (secondary N) is 1. The van der Waals surface area contributed by atoms with Crippen LogP contribution in [0, 0.1) is 0 Å². The number of carbonyl (C=O) groups is 2. The van der Waals surface area contributed by atoms with Gasteiger partial charge in [-0.2, -0.15) is 0 Å². The van der Waals surface area contributed by atoms with E-state index in [1.807, 2.05) is 30.5 Å². The van der Waals surface area contributed by atoms with Crippen molar-refractivity contribution in [2.75, 3.05) is 11.9 Å². The molecule has 0 aromatic carbocycles. The monoisotopic (exact) mass is 452 g/mol. The number of aromatic nitrogens is 2. The number of aryl methyl sites for hydroxylation is 1. The number of thiocarbonyl (C=S) groups is 1. The molecular weight excluding hydrogens is 432 g/mol. The number of anilines is 1. The summed E-state index contributed by atoms with van der Waals surface area (Å²) in [6.45, 7) is 2.59. The molecule has 0 unspecified atom stereocenters. The Kier molecular flexibility index (Phi) is 7.72. The molecule has 1 aliphatic heterocycles. The Labute approximate surface area is 181 Å². The Bertz CT molecular complexity index is 876. The van der Waals surface area contributed by atoms with Gasteiger partial charge in [0.15, 0.2) is 0 Å². The SMILES string of the molecule is CCc1nnc(NC(=O)CCCCCN2C(=O)/C(=C/c3cccs3)SC2=S)s1. The fraction of sp³-hybridized carbons (Fsp3) is 0.389. The number of rotatable bonds is 9. The van der Waals surface area contributed by atoms with Crippen molar-refractivity contribution in [2.45, 2.75) is 39.0 Å². The maximum atomic E-state index is 12.5. The molecule has 0 spiro atoms. The van der Waals surface area contributed by atoms with E-state index in [4.69, 9.17) is 12.2 Å². The van der Waals surface area contributed by atoms with Gasteiger partial charge >= 0.3 is 0 Å². The highest BCUT2D eigenvalue weighted by molar-refractivity contribution is 8.26. The van der Waals surface area contributed by atoms with Gasteiger partial charge in [-0.1, -0.05) is 54.7 Å². The Hall–Kier alpha value is -1.62. The molecule has 2 amide bonds. The summed E-state index contributed by atoms with van der Waals surface area (Å²) >= 11 is 9.70. The minimum Gasteiger partial charge on any atom is -0.301 e. The lowest BCUT2D eigenvalue weighted by molar-refractivity contribution is -0.122. The van der Waals surface area contributed by atoms with Crippen LogP contribution >= 0.6 is 46.7 Å². The fourth-order valence-corrected chi connectivity index (χ4v) is 5.28. The highest BCUT2D eigenvalue weighted by Gasteiger charge is 2.31. The molecule has 10 heteroatoms. The normalized spacial score (nSPS) is 15.6. The van der Waals surface area contributed by atoms with Crippen molar-refractivity contribution in [3.8, 4) is 0 Å². The van der Waals surface area contributed by atoms with Crippen LogP contribution in [0.5, 0.6) is 0 Å². The maximum absolute atomic E-state index is 12.5. The van der Waals surface area contributed by atoms with Crippen LogP contribution < -0.4 is 5.32 Å². The topological polar surface area (TPSA) is 75.2 Å². The number of thiophene rings is 1. The Morgan fingerprint density at radius 3 is 2.89 bits per heavy atom. The van der Waals surface area contributed by atoms with Crippen molar-refractivity contribution in [2.24, 2.45) is 0 Å². The van der Waals surface area contributed by atoms with Gasteiger partial charge in [0.05, 0.1) is 4.91 Å². The van der Waals surface area contributed by atoms with Crippen LogP contribution in [0.1, 0.15) is 42.5 Å². The summed E-state index contributed by atoms with van der Waals surface area (Å²) in [7, 11) is 0. The molecule has 2 aromatic heterocycles. The van der Waals surface area contributed by atoms with Crippen molar-refractivity contribution < 1.29 is 9.59 Å². The van der Waals surface area contributed by atoms with E-state index in [2.05, 4.69) is 15.5 Å². The lowest BCUT2D eigenvalue weighted by Gasteiger charge is -2.13. The van der Waals surface area contributed by atoms with Crippen molar-refractivity contribution >= 4 is 74.0 Å². The van der Waals surface area contributed by atoms with Gasteiger partial charge in [0.2, 0.25) is 11.0 Å². The standard InChI is InChI=1S/C18H20N4O2S4/c1-2-15-20-21-17(28-15)19-14(23)8-4-3-5-9-22-16(24)13(27-18(22)25)11-12-7-6-10-26-12/h6-7,10-11H,2-5,8-9H2,1H3,(H,19,21,23)/b13-11-. The van der Waals surface area contributed by atoms with Gasteiger partial charge in [0, 0.05) is 17.8 Å². The van der Waals surface area contributed by atoms with E-state index < -0.39 is 0 Å². The molecule has 2 aromatic rings. The first-order valence-corrected chi connectivity index (χ1v) is 11.9. The third kappa shape index (κ3) is 5.69. The van der Waals surface area contributed by atoms with Gasteiger partial charge < -0.3 is 5.32 Å². The largest absolute Gasteiger partial charge is 0.301 e. The van der Waals surface area contributed by atoms with Crippen molar-refractivity contribution in [3.63, 3.8) is 0 Å². The Morgan fingerprint density at radius 1 is 1.32 bits per heavy atom. The second kappa shape index (κ2) is 10.2. The molecule has 1 fully saturated rings. The molecule has 0 saturated carbocycles. The van der Waals surface area contributed by atoms with Crippen LogP contribution in [-0.4, -0.2) is 37.8 Å². The van der Waals surface area contributed by atoms with Gasteiger partial charge in [0.25, 0.3) is 5.91 Å². The second-order valence-electron chi connectivity index (χ2n) is 6.06. The van der Waals surface area contributed by atoms with Crippen LogP contribution in [0.4, 0.5) is 5.13 Å². The first kappa shape index (κ1) is 21.1. The molecule has 3 heterocycles. The molecule has 148 valence electrons. The zero-order chi connectivity index (χ0) is 19.9. The number of thioether (sulfide) groups is 1. The summed E-state index contributed by atoms with van der Waals surface area (Å²) in [5, 5.41) is 14.2. The average Bonchev–Trinajstić information content (AvgIpc) is 3.39. The quantitative estimate of drug-likeness (QED) is 0.341. The van der Waals surface area contributed by atoms with E-state index in [1.165, 1.54) is 23.1 Å². The summed E-state index contributed by atoms with van der Waals surface area (Å²) in [5.74, 6) is -0.0764. The van der Waals surface area contributed by atoms with Crippen LogP contribution in [-0.2, 0) is 16.0 Å². The van der Waals surface area contributed by atoms with Crippen LogP contribution in [0.15, 0.2) is 22.4 Å². The molecule has 28 heavy (non-hydrogen) atoms. The molecular formula is C18H20N4O2S4. The summed E-state index contributed by atoms with van der Waals surface area (Å²) in [6.07, 6.45) is 5.55. The van der Waals surface area contributed by atoms with Crippen molar-refractivity contribution in [1.29, 1.82) is 0 Å². The fourth-order valence-electron chi connectivity index (χ4n) is 2.56. The van der Waals surface area contributed by atoms with Gasteiger partial charge in [-0.3, -0.25) is 14.5 Å². The van der Waals surface area contributed by atoms with E-state index >= 15 is 0 Å². The predicted molar refractivity (Wildman–Crippen MR) is 121 cm³/mol. The summed E-state index contributed by atoms with van der Waals surface area (Å²) < 4.78 is 0.605. The molecule has 3 rings (SSSR count). The first-order chi connectivity index (χ1) is 13.6. The molecule has 1 N–H and O–H groups in total. The molecule has 1 saturated heterocycles. The van der Waals surface area contributed by atoms with Gasteiger partial charge in [-0.15, -0.1) is 21.5 Å². The van der Waals surface area contributed by atoms with E-state index in [0.29, 0.717) is 27.3 Å². The lowest BCUT2D eigenvalue weighted by atomic mass is 10.2. The van der Waals surface area contributed by atoms with E-state index in [1.54, 1.807) is 16.2 Å². The summed E-state index contributed by atoms with van der Waals surface area (Å²) in [6, 6.07) is 3.94. The van der Waals surface area contributed by atoms with E-state index in [9.17, 15) is 9.59 Å². The Balaban J connectivity index is 1.37. The number of hydrogen-bond donors (Lipinski definition) is 1. The molecule has 0 bridgehead atoms. The zero-order valence-electron chi connectivity index (χ0n) is 15.3. The zero-order valence-corrected chi connectivity index (χ0v) is 18.6. The molecule has 6 nitrogen and oxygen atoms in total. The molecule has 0 atom stereocenters. The predicted octanol–water partition coefficient (Wildman–Crippen LogP) is 4.56. The smallest absolute Gasteiger partial charge is 0.266 e. The van der Waals surface area contributed by atoms with Gasteiger partial charge in [0.1, 0.15) is 9.33 Å². The van der Waals surface area contributed by atoms with Crippen LogP contribution in [0.2, 0.25) is 0 Å². The number of hydrogen-bond acceptors (Lipinski definition) is 8. The van der Waals surface area contributed by atoms with Gasteiger partial charge in [-0.05, 0) is 36.8 Å².